The van der Waals surface area contributed by atoms with Crippen molar-refractivity contribution in [2.24, 2.45) is 5.18 Å². The first kappa shape index (κ1) is 12.2. The smallest absolute Gasteiger partial charge is 0.302 e. The van der Waals surface area contributed by atoms with Crippen LogP contribution in [0.1, 0.15) is 13.3 Å². The van der Waals surface area contributed by atoms with Gasteiger partial charge >= 0.3 is 5.97 Å². The van der Waals surface area contributed by atoms with Gasteiger partial charge in [-0.05, 0) is 17.3 Å². The lowest BCUT2D eigenvalue weighted by molar-refractivity contribution is -0.141. The third-order valence-electron chi connectivity index (χ3n) is 1.82. The molecular formula is C11H13NO4. The summed E-state index contributed by atoms with van der Waals surface area (Å²) in [5.74, 6) is 0.135. The summed E-state index contributed by atoms with van der Waals surface area (Å²) in [6, 6.07) is 6.72. The Hall–Kier alpha value is -1.91. The molecule has 0 heterocycles. The predicted molar refractivity (Wildman–Crippen MR) is 58.6 cm³/mol. The summed E-state index contributed by atoms with van der Waals surface area (Å²) >= 11 is 0. The maximum atomic E-state index is 10.5. The molecule has 1 rings (SSSR count). The van der Waals surface area contributed by atoms with E-state index in [9.17, 15) is 9.70 Å². The molecular weight excluding hydrogens is 210 g/mol. The molecule has 0 N–H and O–H groups in total. The second kappa shape index (κ2) is 6.55. The Labute approximate surface area is 93.3 Å². The second-order valence-corrected chi connectivity index (χ2v) is 3.10. The lowest BCUT2D eigenvalue weighted by Gasteiger charge is -2.07. The summed E-state index contributed by atoms with van der Waals surface area (Å²) in [5, 5.41) is 2.84. The lowest BCUT2D eigenvalue weighted by atomic mass is 10.3. The number of carbonyl (C=O) groups is 1. The summed E-state index contributed by atoms with van der Waals surface area (Å²) < 4.78 is 10.1. The van der Waals surface area contributed by atoms with Crippen LogP contribution < -0.4 is 4.74 Å². The number of ether oxygens (including phenoxy) is 2. The Bertz CT molecular complexity index is 365. The number of benzene rings is 1. The van der Waals surface area contributed by atoms with E-state index in [1.807, 2.05) is 0 Å². The fraction of sp³-hybridized carbons (Fsp3) is 0.364. The van der Waals surface area contributed by atoms with Gasteiger partial charge in [-0.2, -0.15) is 0 Å². The first-order valence-corrected chi connectivity index (χ1v) is 4.92. The van der Waals surface area contributed by atoms with Crippen LogP contribution in [0.3, 0.4) is 0 Å². The van der Waals surface area contributed by atoms with Gasteiger partial charge in [-0.3, -0.25) is 4.79 Å². The quantitative estimate of drug-likeness (QED) is 0.422. The average molecular weight is 223 g/mol. The van der Waals surface area contributed by atoms with E-state index in [-0.39, 0.29) is 11.7 Å². The largest absolute Gasteiger partial charge is 0.491 e. The molecule has 0 atom stereocenters. The highest BCUT2D eigenvalue weighted by Gasteiger charge is 2.02. The van der Waals surface area contributed by atoms with Crippen molar-refractivity contribution in [1.82, 2.24) is 0 Å². The fourth-order valence-electron chi connectivity index (χ4n) is 1.11. The molecule has 0 aromatic heterocycles. The number of carbonyl (C=O) groups excluding carboxylic acids is 1. The normalized spacial score (nSPS) is 9.56. The van der Waals surface area contributed by atoms with E-state index in [1.165, 1.54) is 6.92 Å². The first-order chi connectivity index (χ1) is 7.74. The van der Waals surface area contributed by atoms with E-state index >= 15 is 0 Å². The molecule has 0 radical (unpaired) electrons. The van der Waals surface area contributed by atoms with Gasteiger partial charge in [0.1, 0.15) is 11.4 Å². The molecule has 0 bridgehead atoms. The molecule has 16 heavy (non-hydrogen) atoms. The van der Waals surface area contributed by atoms with E-state index < -0.39 is 0 Å². The van der Waals surface area contributed by atoms with Crippen LogP contribution in [0.4, 0.5) is 5.69 Å². The van der Waals surface area contributed by atoms with Crippen molar-refractivity contribution in [3.8, 4) is 5.75 Å². The van der Waals surface area contributed by atoms with Gasteiger partial charge in [0.05, 0.1) is 13.2 Å². The highest BCUT2D eigenvalue weighted by molar-refractivity contribution is 5.65. The van der Waals surface area contributed by atoms with E-state index in [2.05, 4.69) is 5.18 Å². The molecule has 0 aliphatic carbocycles. The predicted octanol–water partition coefficient (Wildman–Crippen LogP) is 2.42. The number of rotatable bonds is 6. The summed E-state index contributed by atoms with van der Waals surface area (Å²) in [6.07, 6.45) is 0.576. The van der Waals surface area contributed by atoms with Gasteiger partial charge in [-0.15, -0.1) is 4.91 Å². The maximum Gasteiger partial charge on any atom is 0.302 e. The van der Waals surface area contributed by atoms with Crippen LogP contribution in [0.5, 0.6) is 5.75 Å². The Balaban J connectivity index is 2.31. The molecule has 5 nitrogen and oxygen atoms in total. The van der Waals surface area contributed by atoms with E-state index in [4.69, 9.17) is 9.47 Å². The molecule has 0 aliphatic heterocycles. The summed E-state index contributed by atoms with van der Waals surface area (Å²) in [6.45, 7) is 2.04. The Morgan fingerprint density at radius 1 is 1.31 bits per heavy atom. The summed E-state index contributed by atoms with van der Waals surface area (Å²) in [7, 11) is 0. The summed E-state index contributed by atoms with van der Waals surface area (Å²) in [5.41, 5.74) is 0.273. The third-order valence-corrected chi connectivity index (χ3v) is 1.82. The SMILES string of the molecule is CC(=O)OCCCOc1ccccc1N=O. The van der Waals surface area contributed by atoms with Gasteiger partial charge in [-0.25, -0.2) is 0 Å². The van der Waals surface area contributed by atoms with Crippen LogP contribution in [-0.4, -0.2) is 19.2 Å². The molecule has 0 amide bonds. The number of esters is 1. The molecule has 0 fully saturated rings. The Morgan fingerprint density at radius 2 is 2.06 bits per heavy atom. The zero-order valence-corrected chi connectivity index (χ0v) is 9.01. The highest BCUT2D eigenvalue weighted by atomic mass is 16.5. The van der Waals surface area contributed by atoms with Gasteiger partial charge in [0.2, 0.25) is 0 Å². The van der Waals surface area contributed by atoms with Crippen molar-refractivity contribution in [3.05, 3.63) is 29.2 Å². The lowest BCUT2D eigenvalue weighted by Crippen LogP contribution is -2.05. The zero-order valence-electron chi connectivity index (χ0n) is 9.01. The van der Waals surface area contributed by atoms with Crippen LogP contribution in [0.2, 0.25) is 0 Å². The third kappa shape index (κ3) is 4.08. The Morgan fingerprint density at radius 3 is 2.75 bits per heavy atom. The van der Waals surface area contributed by atoms with Crippen molar-refractivity contribution in [2.75, 3.05) is 13.2 Å². The maximum absolute atomic E-state index is 10.5. The van der Waals surface area contributed by atoms with Crippen LogP contribution in [0.15, 0.2) is 29.4 Å². The van der Waals surface area contributed by atoms with Crippen LogP contribution in [-0.2, 0) is 9.53 Å². The number of nitroso groups, excluding NO2 is 1. The molecule has 0 spiro atoms. The minimum atomic E-state index is -0.310. The van der Waals surface area contributed by atoms with Gasteiger partial charge in [0.15, 0.2) is 0 Å². The van der Waals surface area contributed by atoms with Crippen LogP contribution >= 0.6 is 0 Å². The average Bonchev–Trinajstić information content (AvgIpc) is 2.29. The van der Waals surface area contributed by atoms with E-state index in [1.54, 1.807) is 24.3 Å². The van der Waals surface area contributed by atoms with Crippen LogP contribution in [0.25, 0.3) is 0 Å². The Kier molecular flexibility index (Phi) is 4.98. The summed E-state index contributed by atoms with van der Waals surface area (Å²) in [4.78, 5) is 20.9. The molecule has 1 aromatic carbocycles. The van der Waals surface area contributed by atoms with Crippen molar-refractivity contribution in [1.29, 1.82) is 0 Å². The number of hydrogen-bond acceptors (Lipinski definition) is 5. The molecule has 1 aromatic rings. The van der Waals surface area contributed by atoms with Gasteiger partial charge in [0.25, 0.3) is 0 Å². The fourth-order valence-corrected chi connectivity index (χ4v) is 1.11. The van der Waals surface area contributed by atoms with Gasteiger partial charge < -0.3 is 9.47 Å². The van der Waals surface area contributed by atoms with Gasteiger partial charge in [-0.1, -0.05) is 12.1 Å². The van der Waals surface area contributed by atoms with Crippen molar-refractivity contribution in [2.45, 2.75) is 13.3 Å². The molecule has 5 heteroatoms. The molecule has 0 saturated carbocycles. The molecule has 0 unspecified atom stereocenters. The first-order valence-electron chi connectivity index (χ1n) is 4.92. The van der Waals surface area contributed by atoms with Crippen molar-refractivity contribution in [3.63, 3.8) is 0 Å². The zero-order chi connectivity index (χ0) is 11.8. The number of hydrogen-bond donors (Lipinski definition) is 0. The highest BCUT2D eigenvalue weighted by Crippen LogP contribution is 2.26. The molecule has 0 saturated heterocycles. The number of nitrogens with zero attached hydrogens (tertiary/aromatic N) is 1. The molecule has 86 valence electrons. The standard InChI is InChI=1S/C11H13NO4/c1-9(13)15-7-4-8-16-11-6-3-2-5-10(11)12-14/h2-3,5-6H,4,7-8H2,1H3. The second-order valence-electron chi connectivity index (χ2n) is 3.10. The minimum absolute atomic E-state index is 0.273. The molecule has 0 aliphatic rings. The minimum Gasteiger partial charge on any atom is -0.491 e. The van der Waals surface area contributed by atoms with Crippen LogP contribution in [0, 0.1) is 4.91 Å². The van der Waals surface area contributed by atoms with E-state index in [0.717, 1.165) is 0 Å². The topological polar surface area (TPSA) is 65.0 Å². The van der Waals surface area contributed by atoms with Crippen molar-refractivity contribution < 1.29 is 14.3 Å². The van der Waals surface area contributed by atoms with Crippen molar-refractivity contribution >= 4 is 11.7 Å². The van der Waals surface area contributed by atoms with Gasteiger partial charge in [0, 0.05) is 13.3 Å². The number of para-hydroxylation sites is 1. The monoisotopic (exact) mass is 223 g/mol. The van der Waals surface area contributed by atoms with E-state index in [0.29, 0.717) is 25.4 Å².